The Morgan fingerprint density at radius 2 is 2.00 bits per heavy atom. The van der Waals surface area contributed by atoms with E-state index in [1.165, 1.54) is 11.3 Å². The second-order valence-corrected chi connectivity index (χ2v) is 5.84. The molecule has 100 valence electrons. The van der Waals surface area contributed by atoms with E-state index in [4.69, 9.17) is 23.2 Å². The zero-order valence-electron chi connectivity index (χ0n) is 10.1. The molecule has 1 aromatic heterocycles. The van der Waals surface area contributed by atoms with Crippen molar-refractivity contribution in [2.45, 2.75) is 0 Å². The number of benzene rings is 2. The lowest BCUT2D eigenvalue weighted by Gasteiger charge is -2.07. The number of rotatable bonds is 2. The molecule has 1 N–H and O–H groups in total. The van der Waals surface area contributed by atoms with Gasteiger partial charge in [0, 0.05) is 10.6 Å². The summed E-state index contributed by atoms with van der Waals surface area (Å²) in [5.41, 5.74) is 3.68. The number of nitrogens with zero attached hydrogens (tertiary/aromatic N) is 1. The van der Waals surface area contributed by atoms with Crippen molar-refractivity contribution in [3.8, 4) is 0 Å². The van der Waals surface area contributed by atoms with Crippen LogP contribution in [0.2, 0.25) is 10.0 Å². The highest BCUT2D eigenvalue weighted by molar-refractivity contribution is 7.16. The summed E-state index contributed by atoms with van der Waals surface area (Å²) in [6.07, 6.45) is 0. The van der Waals surface area contributed by atoms with Crippen LogP contribution < -0.4 is 5.32 Å². The first kappa shape index (κ1) is 13.4. The van der Waals surface area contributed by atoms with Crippen molar-refractivity contribution in [1.29, 1.82) is 0 Å². The molecule has 0 aliphatic rings. The number of amides is 1. The average molecular weight is 323 g/mol. The maximum Gasteiger partial charge on any atom is 0.255 e. The van der Waals surface area contributed by atoms with Gasteiger partial charge in [0.05, 0.1) is 26.4 Å². The second kappa shape index (κ2) is 5.40. The van der Waals surface area contributed by atoms with Crippen molar-refractivity contribution in [2.24, 2.45) is 0 Å². The van der Waals surface area contributed by atoms with E-state index in [0.29, 0.717) is 21.3 Å². The highest BCUT2D eigenvalue weighted by Gasteiger charge is 2.10. The Labute approximate surface area is 129 Å². The summed E-state index contributed by atoms with van der Waals surface area (Å²) in [5.74, 6) is -0.232. The fourth-order valence-corrected chi connectivity index (χ4v) is 2.84. The molecule has 0 radical (unpaired) electrons. The highest BCUT2D eigenvalue weighted by Crippen LogP contribution is 2.26. The minimum absolute atomic E-state index is 0.232. The Morgan fingerprint density at radius 3 is 2.85 bits per heavy atom. The number of aromatic nitrogens is 1. The number of nitrogens with one attached hydrogen (secondary N) is 1. The van der Waals surface area contributed by atoms with Gasteiger partial charge >= 0.3 is 0 Å². The maximum absolute atomic E-state index is 12.2. The summed E-state index contributed by atoms with van der Waals surface area (Å²) in [7, 11) is 0. The Bertz CT molecular complexity index is 801. The van der Waals surface area contributed by atoms with Crippen LogP contribution >= 0.6 is 34.5 Å². The van der Waals surface area contributed by atoms with Gasteiger partial charge in [0.15, 0.2) is 0 Å². The predicted octanol–water partition coefficient (Wildman–Crippen LogP) is 4.86. The van der Waals surface area contributed by atoms with E-state index >= 15 is 0 Å². The van der Waals surface area contributed by atoms with Crippen LogP contribution in [0.1, 0.15) is 10.4 Å². The molecule has 3 nitrogen and oxygen atoms in total. The van der Waals surface area contributed by atoms with Crippen LogP contribution in [0.4, 0.5) is 5.69 Å². The standard InChI is InChI=1S/C14H8Cl2N2OS/c15-9-2-3-10(16)12(6-9)18-14(19)8-1-4-11-13(5-8)20-7-17-11/h1-7H,(H,18,19). The fourth-order valence-electron chi connectivity index (χ4n) is 1.78. The van der Waals surface area contributed by atoms with Gasteiger partial charge in [-0.15, -0.1) is 11.3 Å². The van der Waals surface area contributed by atoms with Gasteiger partial charge in [0.2, 0.25) is 0 Å². The summed E-state index contributed by atoms with van der Waals surface area (Å²) >= 11 is 13.4. The predicted molar refractivity (Wildman–Crippen MR) is 84.0 cm³/mol. The van der Waals surface area contributed by atoms with Crippen molar-refractivity contribution in [1.82, 2.24) is 4.98 Å². The van der Waals surface area contributed by atoms with Gasteiger partial charge in [-0.25, -0.2) is 4.98 Å². The van der Waals surface area contributed by atoms with Crippen molar-refractivity contribution in [2.75, 3.05) is 5.32 Å². The molecule has 6 heteroatoms. The summed E-state index contributed by atoms with van der Waals surface area (Å²) in [6, 6.07) is 10.3. The topological polar surface area (TPSA) is 42.0 Å². The second-order valence-electron chi connectivity index (χ2n) is 4.11. The number of hydrogen-bond acceptors (Lipinski definition) is 3. The smallest absolute Gasteiger partial charge is 0.255 e. The first-order chi connectivity index (χ1) is 9.63. The minimum Gasteiger partial charge on any atom is -0.321 e. The van der Waals surface area contributed by atoms with Crippen LogP contribution in [0.15, 0.2) is 41.9 Å². The van der Waals surface area contributed by atoms with E-state index in [1.54, 1.807) is 35.8 Å². The summed E-state index contributed by atoms with van der Waals surface area (Å²) in [5, 5.41) is 3.72. The van der Waals surface area contributed by atoms with Gasteiger partial charge < -0.3 is 5.32 Å². The molecular weight excluding hydrogens is 315 g/mol. The van der Waals surface area contributed by atoms with E-state index < -0.39 is 0 Å². The van der Waals surface area contributed by atoms with Gasteiger partial charge in [-0.05, 0) is 36.4 Å². The molecule has 20 heavy (non-hydrogen) atoms. The summed E-state index contributed by atoms with van der Waals surface area (Å²) < 4.78 is 0.967. The third-order valence-electron chi connectivity index (χ3n) is 2.77. The molecule has 1 amide bonds. The van der Waals surface area contributed by atoms with Crippen LogP contribution in [0.5, 0.6) is 0 Å². The van der Waals surface area contributed by atoms with Gasteiger partial charge in [0.1, 0.15) is 0 Å². The van der Waals surface area contributed by atoms with Crippen LogP contribution in [0, 0.1) is 0 Å². The van der Waals surface area contributed by atoms with Crippen molar-refractivity contribution in [3.63, 3.8) is 0 Å². The Hall–Kier alpha value is -1.62. The monoisotopic (exact) mass is 322 g/mol. The van der Waals surface area contributed by atoms with Gasteiger partial charge in [-0.2, -0.15) is 0 Å². The Morgan fingerprint density at radius 1 is 1.15 bits per heavy atom. The number of anilines is 1. The highest BCUT2D eigenvalue weighted by atomic mass is 35.5. The lowest BCUT2D eigenvalue weighted by Crippen LogP contribution is -2.12. The fraction of sp³-hybridized carbons (Fsp3) is 0. The molecule has 0 saturated heterocycles. The number of hydrogen-bond donors (Lipinski definition) is 1. The molecule has 0 aliphatic carbocycles. The minimum atomic E-state index is -0.232. The van der Waals surface area contributed by atoms with E-state index in [-0.39, 0.29) is 5.91 Å². The van der Waals surface area contributed by atoms with Gasteiger partial charge in [-0.1, -0.05) is 23.2 Å². The summed E-state index contributed by atoms with van der Waals surface area (Å²) in [6.45, 7) is 0. The summed E-state index contributed by atoms with van der Waals surface area (Å²) in [4.78, 5) is 16.4. The molecule has 0 saturated carbocycles. The number of halogens is 2. The van der Waals surface area contributed by atoms with Crippen LogP contribution in [0.3, 0.4) is 0 Å². The van der Waals surface area contributed by atoms with Crippen molar-refractivity contribution in [3.05, 3.63) is 57.5 Å². The number of carbonyl (C=O) groups excluding carboxylic acids is 1. The van der Waals surface area contributed by atoms with E-state index in [1.807, 2.05) is 6.07 Å². The lowest BCUT2D eigenvalue weighted by molar-refractivity contribution is 0.102. The molecule has 3 aromatic rings. The molecular formula is C14H8Cl2N2OS. The quantitative estimate of drug-likeness (QED) is 0.732. The third kappa shape index (κ3) is 2.63. The molecule has 0 atom stereocenters. The zero-order chi connectivity index (χ0) is 14.1. The molecule has 0 spiro atoms. The lowest BCUT2D eigenvalue weighted by atomic mass is 10.2. The molecule has 0 bridgehead atoms. The molecule has 0 unspecified atom stereocenters. The average Bonchev–Trinajstić information content (AvgIpc) is 2.90. The third-order valence-corrected chi connectivity index (χ3v) is 4.13. The van der Waals surface area contributed by atoms with Crippen LogP contribution in [0.25, 0.3) is 10.2 Å². The van der Waals surface area contributed by atoms with E-state index in [2.05, 4.69) is 10.3 Å². The molecule has 3 rings (SSSR count). The van der Waals surface area contributed by atoms with Gasteiger partial charge in [0.25, 0.3) is 5.91 Å². The number of thiazole rings is 1. The number of carbonyl (C=O) groups is 1. The molecule has 2 aromatic carbocycles. The normalized spacial score (nSPS) is 10.7. The Kier molecular flexibility index (Phi) is 3.61. The van der Waals surface area contributed by atoms with Crippen molar-refractivity contribution < 1.29 is 4.79 Å². The van der Waals surface area contributed by atoms with E-state index in [9.17, 15) is 4.79 Å². The van der Waals surface area contributed by atoms with Crippen LogP contribution in [-0.4, -0.2) is 10.9 Å². The van der Waals surface area contributed by atoms with Crippen molar-refractivity contribution >= 4 is 56.3 Å². The molecule has 1 heterocycles. The maximum atomic E-state index is 12.2. The SMILES string of the molecule is O=C(Nc1cc(Cl)ccc1Cl)c1ccc2ncsc2c1. The van der Waals surface area contributed by atoms with E-state index in [0.717, 1.165) is 10.2 Å². The number of fused-ring (bicyclic) bond motifs is 1. The van der Waals surface area contributed by atoms with Gasteiger partial charge in [-0.3, -0.25) is 4.79 Å². The Balaban J connectivity index is 1.90. The zero-order valence-corrected chi connectivity index (χ0v) is 12.4. The first-order valence-corrected chi connectivity index (χ1v) is 7.37. The van der Waals surface area contributed by atoms with Crippen LogP contribution in [-0.2, 0) is 0 Å². The molecule has 0 aliphatic heterocycles. The first-order valence-electron chi connectivity index (χ1n) is 5.73. The molecule has 0 fully saturated rings. The largest absolute Gasteiger partial charge is 0.321 e.